The van der Waals surface area contributed by atoms with Gasteiger partial charge in [0.1, 0.15) is 11.4 Å². The minimum atomic E-state index is -1.16. The Morgan fingerprint density at radius 2 is 1.91 bits per heavy atom. The fraction of sp³-hybridized carbons (Fsp3) is 0. The number of aromatic carboxylic acids is 1. The molecule has 0 fully saturated rings. The molecule has 116 valence electrons. The predicted molar refractivity (Wildman–Crippen MR) is 86.3 cm³/mol. The Kier molecular flexibility index (Phi) is 3.67. The van der Waals surface area contributed by atoms with Gasteiger partial charge < -0.3 is 20.5 Å². The van der Waals surface area contributed by atoms with Gasteiger partial charge in [-0.1, -0.05) is 23.7 Å². The van der Waals surface area contributed by atoms with Crippen LogP contribution >= 0.6 is 11.6 Å². The number of rotatable bonds is 3. The molecule has 0 bridgehead atoms. The number of hydrogen-bond acceptors (Lipinski definition) is 3. The zero-order chi connectivity index (χ0) is 16.6. The number of amides is 1. The van der Waals surface area contributed by atoms with Gasteiger partial charge in [0.05, 0.1) is 21.8 Å². The monoisotopic (exact) mass is 330 g/mol. The number of carboxylic acid groups (broad SMARTS) is 1. The number of aromatic amines is 1. The minimum absolute atomic E-state index is 0.0714. The fourth-order valence-corrected chi connectivity index (χ4v) is 2.43. The number of phenols is 1. The molecule has 0 aliphatic rings. The Morgan fingerprint density at radius 1 is 1.13 bits per heavy atom. The molecule has 1 aromatic heterocycles. The lowest BCUT2D eigenvalue weighted by Crippen LogP contribution is -2.12. The van der Waals surface area contributed by atoms with E-state index in [0.29, 0.717) is 10.5 Å². The van der Waals surface area contributed by atoms with Gasteiger partial charge in [0, 0.05) is 5.39 Å². The number of halogens is 1. The molecule has 1 heterocycles. The minimum Gasteiger partial charge on any atom is -0.506 e. The SMILES string of the molecule is O=C(O)c1ccc(NC(=O)c2cc3cccc(Cl)c3[nH]2)c(O)c1. The largest absolute Gasteiger partial charge is 0.506 e. The van der Waals surface area contributed by atoms with Crippen LogP contribution in [0.2, 0.25) is 5.02 Å². The maximum absolute atomic E-state index is 12.3. The van der Waals surface area contributed by atoms with Crippen molar-refractivity contribution >= 4 is 40.1 Å². The van der Waals surface area contributed by atoms with Crippen LogP contribution in [0, 0.1) is 0 Å². The number of phenolic OH excluding ortho intramolecular Hbond substituents is 1. The van der Waals surface area contributed by atoms with Crippen molar-refractivity contribution in [2.45, 2.75) is 0 Å². The van der Waals surface area contributed by atoms with E-state index in [1.165, 1.54) is 12.1 Å². The van der Waals surface area contributed by atoms with Gasteiger partial charge in [-0.2, -0.15) is 0 Å². The average Bonchev–Trinajstić information content (AvgIpc) is 2.95. The molecule has 0 aliphatic carbocycles. The van der Waals surface area contributed by atoms with Crippen LogP contribution in [0.25, 0.3) is 10.9 Å². The molecular formula is C16H11ClN2O4. The van der Waals surface area contributed by atoms with Gasteiger partial charge in [-0.25, -0.2) is 4.79 Å². The number of para-hydroxylation sites is 1. The van der Waals surface area contributed by atoms with Crippen molar-refractivity contribution in [2.75, 3.05) is 5.32 Å². The first kappa shape index (κ1) is 14.9. The third-order valence-electron chi connectivity index (χ3n) is 3.34. The number of carboxylic acids is 1. The molecule has 1 amide bonds. The summed E-state index contributed by atoms with van der Waals surface area (Å²) >= 11 is 6.05. The Morgan fingerprint density at radius 3 is 2.57 bits per heavy atom. The number of H-pyrrole nitrogens is 1. The van der Waals surface area contributed by atoms with Crippen molar-refractivity contribution in [3.05, 3.63) is 58.7 Å². The van der Waals surface area contributed by atoms with Gasteiger partial charge in [0.15, 0.2) is 0 Å². The quantitative estimate of drug-likeness (QED) is 0.552. The highest BCUT2D eigenvalue weighted by molar-refractivity contribution is 6.35. The second-order valence-electron chi connectivity index (χ2n) is 4.88. The highest BCUT2D eigenvalue weighted by Gasteiger charge is 2.14. The van der Waals surface area contributed by atoms with Gasteiger partial charge in [-0.3, -0.25) is 4.79 Å². The zero-order valence-corrected chi connectivity index (χ0v) is 12.4. The molecule has 0 spiro atoms. The molecule has 0 radical (unpaired) electrons. The van der Waals surface area contributed by atoms with Crippen LogP contribution in [0.15, 0.2) is 42.5 Å². The van der Waals surface area contributed by atoms with Crippen molar-refractivity contribution in [3.8, 4) is 5.75 Å². The topological polar surface area (TPSA) is 102 Å². The normalized spacial score (nSPS) is 10.7. The third-order valence-corrected chi connectivity index (χ3v) is 3.66. The maximum atomic E-state index is 12.3. The third kappa shape index (κ3) is 2.84. The molecule has 0 aliphatic heterocycles. The number of anilines is 1. The van der Waals surface area contributed by atoms with Crippen molar-refractivity contribution in [1.29, 1.82) is 0 Å². The van der Waals surface area contributed by atoms with Crippen LogP contribution in [0.4, 0.5) is 5.69 Å². The Bertz CT molecular complexity index is 933. The number of benzene rings is 2. The van der Waals surface area contributed by atoms with Crippen LogP contribution in [-0.2, 0) is 0 Å². The van der Waals surface area contributed by atoms with Crippen LogP contribution in [0.1, 0.15) is 20.8 Å². The first-order valence-electron chi connectivity index (χ1n) is 6.60. The molecule has 7 heteroatoms. The molecule has 3 aromatic rings. The summed E-state index contributed by atoms with van der Waals surface area (Å²) in [4.78, 5) is 26.0. The number of carbonyl (C=O) groups excluding carboxylic acids is 1. The Hall–Kier alpha value is -2.99. The van der Waals surface area contributed by atoms with Crippen LogP contribution in [0.3, 0.4) is 0 Å². The van der Waals surface area contributed by atoms with Gasteiger partial charge in [0.25, 0.3) is 5.91 Å². The summed E-state index contributed by atoms with van der Waals surface area (Å²) in [6, 6.07) is 10.6. The van der Waals surface area contributed by atoms with E-state index in [1.807, 2.05) is 6.07 Å². The second kappa shape index (κ2) is 5.66. The van der Waals surface area contributed by atoms with Crippen LogP contribution < -0.4 is 5.32 Å². The molecule has 23 heavy (non-hydrogen) atoms. The summed E-state index contributed by atoms with van der Waals surface area (Å²) in [5, 5.41) is 22.5. The first-order valence-corrected chi connectivity index (χ1v) is 6.98. The summed E-state index contributed by atoms with van der Waals surface area (Å²) < 4.78 is 0. The summed E-state index contributed by atoms with van der Waals surface area (Å²) in [7, 11) is 0. The smallest absolute Gasteiger partial charge is 0.335 e. The van der Waals surface area contributed by atoms with E-state index in [0.717, 1.165) is 11.5 Å². The highest BCUT2D eigenvalue weighted by atomic mass is 35.5. The Balaban J connectivity index is 1.88. The number of carbonyl (C=O) groups is 2. The Labute approximate surface area is 135 Å². The van der Waals surface area contributed by atoms with E-state index in [-0.39, 0.29) is 22.7 Å². The summed E-state index contributed by atoms with van der Waals surface area (Å²) in [5.41, 5.74) is 0.960. The lowest BCUT2D eigenvalue weighted by Gasteiger charge is -2.07. The van der Waals surface area contributed by atoms with E-state index in [4.69, 9.17) is 16.7 Å². The predicted octanol–water partition coefficient (Wildman–Crippen LogP) is 3.48. The molecule has 6 nitrogen and oxygen atoms in total. The van der Waals surface area contributed by atoms with Gasteiger partial charge in [-0.05, 0) is 30.3 Å². The fourth-order valence-electron chi connectivity index (χ4n) is 2.20. The molecule has 2 aromatic carbocycles. The summed E-state index contributed by atoms with van der Waals surface area (Å²) in [5.74, 6) is -1.97. The van der Waals surface area contributed by atoms with Crippen LogP contribution in [-0.4, -0.2) is 27.1 Å². The first-order chi connectivity index (χ1) is 11.0. The van der Waals surface area contributed by atoms with E-state index >= 15 is 0 Å². The number of aromatic nitrogens is 1. The lowest BCUT2D eigenvalue weighted by atomic mass is 10.2. The van der Waals surface area contributed by atoms with Crippen molar-refractivity contribution < 1.29 is 19.8 Å². The lowest BCUT2D eigenvalue weighted by molar-refractivity contribution is 0.0696. The number of fused-ring (bicyclic) bond motifs is 1. The number of nitrogens with one attached hydrogen (secondary N) is 2. The molecule has 0 unspecified atom stereocenters. The van der Waals surface area contributed by atoms with Crippen molar-refractivity contribution in [2.24, 2.45) is 0 Å². The highest BCUT2D eigenvalue weighted by Crippen LogP contribution is 2.27. The van der Waals surface area contributed by atoms with E-state index in [2.05, 4.69) is 10.3 Å². The number of hydrogen-bond donors (Lipinski definition) is 4. The average molecular weight is 331 g/mol. The molecule has 4 N–H and O–H groups in total. The van der Waals surface area contributed by atoms with Crippen molar-refractivity contribution in [1.82, 2.24) is 4.98 Å². The van der Waals surface area contributed by atoms with E-state index < -0.39 is 11.9 Å². The molecule has 0 atom stereocenters. The second-order valence-corrected chi connectivity index (χ2v) is 5.29. The van der Waals surface area contributed by atoms with Gasteiger partial charge in [-0.15, -0.1) is 0 Å². The van der Waals surface area contributed by atoms with Crippen LogP contribution in [0.5, 0.6) is 5.75 Å². The molecule has 3 rings (SSSR count). The van der Waals surface area contributed by atoms with Crippen molar-refractivity contribution in [3.63, 3.8) is 0 Å². The maximum Gasteiger partial charge on any atom is 0.335 e. The molecule has 0 saturated heterocycles. The summed E-state index contributed by atoms with van der Waals surface area (Å²) in [6.45, 7) is 0. The van der Waals surface area contributed by atoms with E-state index in [9.17, 15) is 14.7 Å². The standard InChI is InChI=1S/C16H11ClN2O4/c17-10-3-1-2-8-6-12(18-14(8)10)15(21)19-11-5-4-9(16(22)23)7-13(11)20/h1-7,18,20H,(H,19,21)(H,22,23). The summed E-state index contributed by atoms with van der Waals surface area (Å²) in [6.07, 6.45) is 0. The number of aromatic hydroxyl groups is 1. The van der Waals surface area contributed by atoms with E-state index in [1.54, 1.807) is 18.2 Å². The van der Waals surface area contributed by atoms with Gasteiger partial charge in [0.2, 0.25) is 0 Å². The molecular weight excluding hydrogens is 320 g/mol. The zero-order valence-electron chi connectivity index (χ0n) is 11.6. The molecule has 0 saturated carbocycles. The van der Waals surface area contributed by atoms with Gasteiger partial charge >= 0.3 is 5.97 Å².